The number of rotatable bonds is 3. The topological polar surface area (TPSA) is 55.0 Å². The highest BCUT2D eigenvalue weighted by atomic mass is 15.2. The molecule has 0 spiro atoms. The minimum absolute atomic E-state index is 0.395. The predicted octanol–water partition coefficient (Wildman–Crippen LogP) is 2.45. The van der Waals surface area contributed by atoms with Crippen LogP contribution in [0.3, 0.4) is 0 Å². The highest BCUT2D eigenvalue weighted by Gasteiger charge is 2.24. The Morgan fingerprint density at radius 3 is 2.21 bits per heavy atom. The van der Waals surface area contributed by atoms with Crippen molar-refractivity contribution in [2.75, 3.05) is 11.9 Å². The van der Waals surface area contributed by atoms with E-state index < -0.39 is 0 Å². The maximum Gasteiger partial charge on any atom is 0.225 e. The number of nitrogens with two attached hydrogens (primary N) is 1. The molecule has 1 heterocycles. The number of hydrogen-bond acceptors (Lipinski definition) is 4. The van der Waals surface area contributed by atoms with Gasteiger partial charge in [-0.05, 0) is 50.0 Å². The lowest BCUT2D eigenvalue weighted by atomic mass is 9.81. The molecule has 2 aliphatic rings. The molecule has 2 fully saturated rings. The van der Waals surface area contributed by atoms with Gasteiger partial charge < -0.3 is 10.6 Å². The van der Waals surface area contributed by atoms with Gasteiger partial charge in [-0.2, -0.15) is 0 Å². The summed E-state index contributed by atoms with van der Waals surface area (Å²) in [6, 6.07) is 0.945. The van der Waals surface area contributed by atoms with Crippen molar-refractivity contribution in [2.24, 2.45) is 5.73 Å². The summed E-state index contributed by atoms with van der Waals surface area (Å²) in [7, 11) is 2.11. The Balaban J connectivity index is 1.64. The van der Waals surface area contributed by atoms with Crippen molar-refractivity contribution >= 4 is 5.95 Å². The van der Waals surface area contributed by atoms with Gasteiger partial charge >= 0.3 is 0 Å². The molecule has 104 valence electrons. The van der Waals surface area contributed by atoms with E-state index in [1.54, 1.807) is 0 Å². The summed E-state index contributed by atoms with van der Waals surface area (Å²) >= 11 is 0. The zero-order chi connectivity index (χ0) is 13.2. The third-order valence-electron chi connectivity index (χ3n) is 4.84. The van der Waals surface area contributed by atoms with Gasteiger partial charge in [0.05, 0.1) is 0 Å². The highest BCUT2D eigenvalue weighted by Crippen LogP contribution is 2.35. The van der Waals surface area contributed by atoms with Crippen molar-refractivity contribution in [1.82, 2.24) is 9.97 Å². The number of hydrogen-bond donors (Lipinski definition) is 1. The van der Waals surface area contributed by atoms with Gasteiger partial charge in [0.1, 0.15) is 0 Å². The maximum absolute atomic E-state index is 5.96. The van der Waals surface area contributed by atoms with Gasteiger partial charge in [-0.15, -0.1) is 0 Å². The lowest BCUT2D eigenvalue weighted by molar-refractivity contribution is 0.382. The summed E-state index contributed by atoms with van der Waals surface area (Å²) in [6.07, 6.45) is 12.6. The lowest BCUT2D eigenvalue weighted by Crippen LogP contribution is -2.39. The van der Waals surface area contributed by atoms with E-state index in [1.165, 1.54) is 24.8 Å². The second-order valence-electron chi connectivity index (χ2n) is 6.12. The molecule has 0 atom stereocenters. The Labute approximate surface area is 115 Å². The standard InChI is InChI=1S/C15H24N4/c1-19(14-7-5-13(16)6-8-14)15-17-9-12(10-18-15)11-3-2-4-11/h9-11,13-14H,2-8,16H2,1H3. The molecule has 4 heteroatoms. The van der Waals surface area contributed by atoms with Crippen molar-refractivity contribution in [3.63, 3.8) is 0 Å². The molecule has 1 aromatic heterocycles. The predicted molar refractivity (Wildman–Crippen MR) is 77.3 cm³/mol. The molecule has 1 aromatic rings. The first-order valence-corrected chi connectivity index (χ1v) is 7.54. The minimum atomic E-state index is 0.395. The molecule has 0 bridgehead atoms. The third-order valence-corrected chi connectivity index (χ3v) is 4.84. The van der Waals surface area contributed by atoms with E-state index in [2.05, 4.69) is 21.9 Å². The van der Waals surface area contributed by atoms with Gasteiger partial charge in [-0.1, -0.05) is 6.42 Å². The summed E-state index contributed by atoms with van der Waals surface area (Å²) in [6.45, 7) is 0. The fourth-order valence-electron chi connectivity index (χ4n) is 3.12. The highest BCUT2D eigenvalue weighted by molar-refractivity contribution is 5.31. The van der Waals surface area contributed by atoms with Crippen molar-refractivity contribution in [3.05, 3.63) is 18.0 Å². The molecular formula is C15H24N4. The first-order valence-electron chi connectivity index (χ1n) is 7.54. The van der Waals surface area contributed by atoms with Gasteiger partial charge in [0, 0.05) is 31.5 Å². The van der Waals surface area contributed by atoms with Crippen LogP contribution in [0.2, 0.25) is 0 Å². The average Bonchev–Trinajstić information content (AvgIpc) is 2.38. The second kappa shape index (κ2) is 5.45. The van der Waals surface area contributed by atoms with Crippen LogP contribution in [-0.4, -0.2) is 29.1 Å². The molecule has 3 rings (SSSR count). The van der Waals surface area contributed by atoms with Crippen LogP contribution in [0.4, 0.5) is 5.95 Å². The van der Waals surface area contributed by atoms with E-state index in [1.807, 2.05) is 12.4 Å². The Hall–Kier alpha value is -1.16. The molecule has 19 heavy (non-hydrogen) atoms. The fraction of sp³-hybridized carbons (Fsp3) is 0.733. The SMILES string of the molecule is CN(c1ncc(C2CCC2)cn1)C1CCC(N)CC1. The number of nitrogens with zero attached hydrogens (tertiary/aromatic N) is 3. The van der Waals surface area contributed by atoms with Gasteiger partial charge in [0.25, 0.3) is 0 Å². The Morgan fingerprint density at radius 1 is 1.05 bits per heavy atom. The molecule has 4 nitrogen and oxygen atoms in total. The maximum atomic E-state index is 5.96. The summed E-state index contributed by atoms with van der Waals surface area (Å²) in [5.41, 5.74) is 7.27. The third kappa shape index (κ3) is 2.73. The van der Waals surface area contributed by atoms with Crippen LogP contribution < -0.4 is 10.6 Å². The molecule has 0 saturated heterocycles. The number of aromatic nitrogens is 2. The molecule has 2 aliphatic carbocycles. The molecular weight excluding hydrogens is 236 g/mol. The lowest BCUT2D eigenvalue weighted by Gasteiger charge is -2.33. The number of anilines is 1. The van der Waals surface area contributed by atoms with Crippen molar-refractivity contribution in [1.29, 1.82) is 0 Å². The average molecular weight is 260 g/mol. The van der Waals surface area contributed by atoms with Crippen molar-refractivity contribution in [3.8, 4) is 0 Å². The van der Waals surface area contributed by atoms with Crippen LogP contribution in [0.15, 0.2) is 12.4 Å². The normalized spacial score (nSPS) is 27.9. The smallest absolute Gasteiger partial charge is 0.225 e. The second-order valence-corrected chi connectivity index (χ2v) is 6.12. The summed E-state index contributed by atoms with van der Waals surface area (Å²) in [5, 5.41) is 0. The van der Waals surface area contributed by atoms with Crippen LogP contribution in [0.1, 0.15) is 56.4 Å². The van der Waals surface area contributed by atoms with Crippen LogP contribution in [0, 0.1) is 0 Å². The van der Waals surface area contributed by atoms with Gasteiger partial charge in [0.15, 0.2) is 0 Å². The van der Waals surface area contributed by atoms with E-state index >= 15 is 0 Å². The van der Waals surface area contributed by atoms with E-state index in [9.17, 15) is 0 Å². The largest absolute Gasteiger partial charge is 0.341 e. The summed E-state index contributed by atoms with van der Waals surface area (Å²) in [4.78, 5) is 11.4. The van der Waals surface area contributed by atoms with E-state index in [0.717, 1.165) is 31.6 Å². The van der Waals surface area contributed by atoms with Crippen LogP contribution in [0.25, 0.3) is 0 Å². The van der Waals surface area contributed by atoms with Gasteiger partial charge in [-0.3, -0.25) is 0 Å². The Bertz CT molecular complexity index is 405. The molecule has 0 aliphatic heterocycles. The molecule has 0 amide bonds. The van der Waals surface area contributed by atoms with Crippen molar-refractivity contribution < 1.29 is 0 Å². The van der Waals surface area contributed by atoms with Crippen LogP contribution in [0.5, 0.6) is 0 Å². The zero-order valence-corrected chi connectivity index (χ0v) is 11.8. The molecule has 2 N–H and O–H groups in total. The van der Waals surface area contributed by atoms with Crippen LogP contribution in [-0.2, 0) is 0 Å². The minimum Gasteiger partial charge on any atom is -0.341 e. The Kier molecular flexibility index (Phi) is 3.69. The first kappa shape index (κ1) is 12.9. The fourth-order valence-corrected chi connectivity index (χ4v) is 3.12. The summed E-state index contributed by atoms with van der Waals surface area (Å²) in [5.74, 6) is 1.58. The monoisotopic (exact) mass is 260 g/mol. The van der Waals surface area contributed by atoms with Gasteiger partial charge in [-0.25, -0.2) is 9.97 Å². The molecule has 0 aromatic carbocycles. The quantitative estimate of drug-likeness (QED) is 0.907. The van der Waals surface area contributed by atoms with Crippen LogP contribution >= 0.6 is 0 Å². The Morgan fingerprint density at radius 2 is 1.68 bits per heavy atom. The molecule has 0 radical (unpaired) electrons. The van der Waals surface area contributed by atoms with Gasteiger partial charge in [0.2, 0.25) is 5.95 Å². The van der Waals surface area contributed by atoms with Crippen molar-refractivity contribution in [2.45, 2.75) is 62.9 Å². The zero-order valence-electron chi connectivity index (χ0n) is 11.8. The molecule has 2 saturated carbocycles. The molecule has 0 unspecified atom stereocenters. The van der Waals surface area contributed by atoms with E-state index in [-0.39, 0.29) is 0 Å². The van der Waals surface area contributed by atoms with E-state index in [0.29, 0.717) is 18.0 Å². The first-order chi connectivity index (χ1) is 9.24. The summed E-state index contributed by atoms with van der Waals surface area (Å²) < 4.78 is 0. The van der Waals surface area contributed by atoms with E-state index in [4.69, 9.17) is 5.73 Å².